The molecule has 0 radical (unpaired) electrons. The molecule has 2 aromatic rings. The molecule has 0 spiro atoms. The maximum Gasteiger partial charge on any atom is 0.158 e. The third-order valence-electron chi connectivity index (χ3n) is 4.27. The van der Waals surface area contributed by atoms with E-state index in [0.29, 0.717) is 0 Å². The van der Waals surface area contributed by atoms with Gasteiger partial charge >= 0.3 is 0 Å². The Balaban J connectivity index is 1.80. The lowest BCUT2D eigenvalue weighted by molar-refractivity contribution is -0.119. The van der Waals surface area contributed by atoms with Crippen LogP contribution in [0.4, 0.5) is 0 Å². The van der Waals surface area contributed by atoms with Gasteiger partial charge in [0.2, 0.25) is 0 Å². The molecule has 0 unspecified atom stereocenters. The molecule has 4 heteroatoms. The first-order chi connectivity index (χ1) is 10.7. The van der Waals surface area contributed by atoms with Crippen molar-refractivity contribution in [1.29, 1.82) is 0 Å². The predicted octanol–water partition coefficient (Wildman–Crippen LogP) is 3.64. The highest BCUT2D eigenvalue weighted by Gasteiger charge is 2.18. The van der Waals surface area contributed by atoms with Crippen molar-refractivity contribution in [2.24, 2.45) is 13.0 Å². The number of aromatic nitrogens is 3. The zero-order valence-electron chi connectivity index (χ0n) is 12.9. The molecular weight excluding hydrogens is 274 g/mol. The van der Waals surface area contributed by atoms with Gasteiger partial charge in [-0.1, -0.05) is 25.3 Å². The minimum atomic E-state index is 0.213. The van der Waals surface area contributed by atoms with Gasteiger partial charge < -0.3 is 4.57 Å². The standard InChI is InChI=1S/C18H21N3O/c1-21-12-17(20-13-21)16-11-19-10-9-14(16)7-8-18(22)15-5-3-2-4-6-15/h7-13,15H,2-6H2,1H3/b8-7+. The first kappa shape index (κ1) is 14.7. The van der Waals surface area contributed by atoms with Gasteiger partial charge in [-0.05, 0) is 30.5 Å². The fourth-order valence-electron chi connectivity index (χ4n) is 3.01. The summed E-state index contributed by atoms with van der Waals surface area (Å²) in [5, 5.41) is 0. The summed E-state index contributed by atoms with van der Waals surface area (Å²) in [5.74, 6) is 0.466. The van der Waals surface area contributed by atoms with Gasteiger partial charge in [0, 0.05) is 37.1 Å². The number of pyridine rings is 1. The smallest absolute Gasteiger partial charge is 0.158 e. The normalized spacial score (nSPS) is 16.2. The van der Waals surface area contributed by atoms with Crippen LogP contribution in [0.1, 0.15) is 37.7 Å². The lowest BCUT2D eigenvalue weighted by atomic mass is 9.86. The first-order valence-corrected chi connectivity index (χ1v) is 7.88. The highest BCUT2D eigenvalue weighted by molar-refractivity contribution is 5.96. The van der Waals surface area contributed by atoms with Crippen molar-refractivity contribution in [2.45, 2.75) is 32.1 Å². The van der Waals surface area contributed by atoms with Gasteiger partial charge in [-0.15, -0.1) is 0 Å². The maximum absolute atomic E-state index is 12.3. The highest BCUT2D eigenvalue weighted by Crippen LogP contribution is 2.26. The Morgan fingerprint density at radius 2 is 2.14 bits per heavy atom. The molecule has 1 fully saturated rings. The Labute approximate surface area is 130 Å². The number of hydrogen-bond donors (Lipinski definition) is 0. The van der Waals surface area contributed by atoms with Crippen LogP contribution in [-0.2, 0) is 11.8 Å². The van der Waals surface area contributed by atoms with Crippen LogP contribution in [0.3, 0.4) is 0 Å². The number of allylic oxidation sites excluding steroid dienone is 1. The number of carbonyl (C=O) groups excluding carboxylic acids is 1. The molecule has 1 saturated carbocycles. The Hall–Kier alpha value is -2.23. The summed E-state index contributed by atoms with van der Waals surface area (Å²) in [6, 6.07) is 1.93. The summed E-state index contributed by atoms with van der Waals surface area (Å²) in [6.45, 7) is 0. The van der Waals surface area contributed by atoms with Crippen LogP contribution in [0, 0.1) is 5.92 Å². The van der Waals surface area contributed by atoms with Gasteiger partial charge in [0.15, 0.2) is 5.78 Å². The molecule has 0 aromatic carbocycles. The molecule has 22 heavy (non-hydrogen) atoms. The largest absolute Gasteiger partial charge is 0.340 e. The van der Waals surface area contributed by atoms with Crippen LogP contribution in [0.2, 0.25) is 0 Å². The lowest BCUT2D eigenvalue weighted by Crippen LogP contribution is -2.15. The van der Waals surface area contributed by atoms with Crippen LogP contribution in [0.15, 0.2) is 37.1 Å². The zero-order valence-corrected chi connectivity index (χ0v) is 12.9. The average molecular weight is 295 g/mol. The highest BCUT2D eigenvalue weighted by atomic mass is 16.1. The third-order valence-corrected chi connectivity index (χ3v) is 4.27. The molecule has 4 nitrogen and oxygen atoms in total. The number of nitrogens with zero attached hydrogens (tertiary/aromatic N) is 3. The lowest BCUT2D eigenvalue weighted by Gasteiger charge is -2.18. The molecule has 114 valence electrons. The molecule has 3 rings (SSSR count). The maximum atomic E-state index is 12.3. The molecule has 1 aliphatic rings. The van der Waals surface area contributed by atoms with Gasteiger partial charge in [-0.2, -0.15) is 0 Å². The monoisotopic (exact) mass is 295 g/mol. The molecule has 0 saturated heterocycles. The van der Waals surface area contributed by atoms with Crippen LogP contribution in [0.25, 0.3) is 17.3 Å². The van der Waals surface area contributed by atoms with Gasteiger partial charge in [0.1, 0.15) is 0 Å². The number of hydrogen-bond acceptors (Lipinski definition) is 3. The zero-order chi connectivity index (χ0) is 15.4. The molecule has 2 heterocycles. The fourth-order valence-corrected chi connectivity index (χ4v) is 3.01. The minimum absolute atomic E-state index is 0.213. The summed E-state index contributed by atoms with van der Waals surface area (Å²) < 4.78 is 1.91. The van der Waals surface area contributed by atoms with E-state index >= 15 is 0 Å². The van der Waals surface area contributed by atoms with Crippen molar-refractivity contribution >= 4 is 11.9 Å². The van der Waals surface area contributed by atoms with E-state index < -0.39 is 0 Å². The van der Waals surface area contributed by atoms with E-state index in [1.54, 1.807) is 24.8 Å². The van der Waals surface area contributed by atoms with Crippen LogP contribution < -0.4 is 0 Å². The van der Waals surface area contributed by atoms with Crippen molar-refractivity contribution < 1.29 is 4.79 Å². The second-order valence-corrected chi connectivity index (χ2v) is 5.96. The second kappa shape index (κ2) is 6.69. The van der Waals surface area contributed by atoms with E-state index in [1.165, 1.54) is 19.3 Å². The van der Waals surface area contributed by atoms with E-state index in [-0.39, 0.29) is 11.7 Å². The van der Waals surface area contributed by atoms with E-state index in [2.05, 4.69) is 9.97 Å². The van der Waals surface area contributed by atoms with Gasteiger partial charge in [-0.25, -0.2) is 4.98 Å². The summed E-state index contributed by atoms with van der Waals surface area (Å²) in [7, 11) is 1.94. The number of aryl methyl sites for hydroxylation is 1. The van der Waals surface area contributed by atoms with Gasteiger partial charge in [0.25, 0.3) is 0 Å². The Morgan fingerprint density at radius 3 is 2.86 bits per heavy atom. The molecule has 0 amide bonds. The van der Waals surface area contributed by atoms with Crippen molar-refractivity contribution in [3.05, 3.63) is 42.6 Å². The van der Waals surface area contributed by atoms with Gasteiger partial charge in [-0.3, -0.25) is 9.78 Å². The molecular formula is C18H21N3O. The summed E-state index contributed by atoms with van der Waals surface area (Å²) in [4.78, 5) is 20.8. The van der Waals surface area contributed by atoms with Crippen molar-refractivity contribution in [1.82, 2.24) is 14.5 Å². The van der Waals surface area contributed by atoms with Crippen LogP contribution >= 0.6 is 0 Å². The quantitative estimate of drug-likeness (QED) is 0.809. The fraction of sp³-hybridized carbons (Fsp3) is 0.389. The molecule has 0 bridgehead atoms. The van der Waals surface area contributed by atoms with Crippen LogP contribution in [-0.4, -0.2) is 20.3 Å². The Kier molecular flexibility index (Phi) is 4.47. The topological polar surface area (TPSA) is 47.8 Å². The van der Waals surface area contributed by atoms with E-state index in [9.17, 15) is 4.79 Å². The number of rotatable bonds is 4. The molecule has 1 aliphatic carbocycles. The van der Waals surface area contributed by atoms with E-state index in [1.807, 2.05) is 30.0 Å². The Morgan fingerprint density at radius 1 is 1.32 bits per heavy atom. The summed E-state index contributed by atoms with van der Waals surface area (Å²) in [5.41, 5.74) is 2.81. The summed E-state index contributed by atoms with van der Waals surface area (Å²) in [6.07, 6.45) is 16.6. The summed E-state index contributed by atoms with van der Waals surface area (Å²) >= 11 is 0. The molecule has 2 aromatic heterocycles. The van der Waals surface area contributed by atoms with E-state index in [4.69, 9.17) is 0 Å². The average Bonchev–Trinajstić information content (AvgIpc) is 3.00. The molecule has 0 aliphatic heterocycles. The predicted molar refractivity (Wildman–Crippen MR) is 87.1 cm³/mol. The first-order valence-electron chi connectivity index (χ1n) is 7.88. The van der Waals surface area contributed by atoms with Crippen molar-refractivity contribution in [3.63, 3.8) is 0 Å². The number of imidazole rings is 1. The van der Waals surface area contributed by atoms with E-state index in [0.717, 1.165) is 29.7 Å². The third kappa shape index (κ3) is 3.32. The number of carbonyl (C=O) groups is 1. The number of ketones is 1. The van der Waals surface area contributed by atoms with Crippen molar-refractivity contribution in [2.75, 3.05) is 0 Å². The minimum Gasteiger partial charge on any atom is -0.340 e. The van der Waals surface area contributed by atoms with Crippen LogP contribution in [0.5, 0.6) is 0 Å². The molecule has 0 N–H and O–H groups in total. The Bertz CT molecular complexity index is 681. The van der Waals surface area contributed by atoms with Crippen molar-refractivity contribution in [3.8, 4) is 11.3 Å². The SMILES string of the molecule is Cn1cnc(-c2cnccc2/C=C/C(=O)C2CCCCC2)c1. The van der Waals surface area contributed by atoms with Gasteiger partial charge in [0.05, 0.1) is 12.0 Å². The molecule has 0 atom stereocenters. The second-order valence-electron chi connectivity index (χ2n) is 5.96.